The lowest BCUT2D eigenvalue weighted by Gasteiger charge is -2.16. The molecule has 0 fully saturated rings. The summed E-state index contributed by atoms with van der Waals surface area (Å²) in [6, 6.07) is 4.43. The Morgan fingerprint density at radius 3 is 2.64 bits per heavy atom. The number of nitrogens with two attached hydrogens (primary N) is 1. The molecule has 0 aliphatic carbocycles. The standard InChI is InChI=1S/C11H15NO2/c1-3-8-4-5-10(14)9(6-8)11(12)7(2)13/h3-7,11,13-14H,1,12H2,2H3/t7?,11-/m1/s1. The van der Waals surface area contributed by atoms with Crippen LogP contribution in [0.5, 0.6) is 5.75 Å². The van der Waals surface area contributed by atoms with Gasteiger partial charge in [-0.1, -0.05) is 18.7 Å². The minimum atomic E-state index is -0.694. The summed E-state index contributed by atoms with van der Waals surface area (Å²) in [6.07, 6.45) is 0.971. The summed E-state index contributed by atoms with van der Waals surface area (Å²) in [7, 11) is 0. The van der Waals surface area contributed by atoms with Crippen molar-refractivity contribution in [2.75, 3.05) is 0 Å². The third-order valence-electron chi connectivity index (χ3n) is 2.17. The minimum Gasteiger partial charge on any atom is -0.508 e. The zero-order valence-electron chi connectivity index (χ0n) is 8.14. The molecule has 3 nitrogen and oxygen atoms in total. The van der Waals surface area contributed by atoms with E-state index in [4.69, 9.17) is 5.73 Å². The van der Waals surface area contributed by atoms with E-state index in [1.54, 1.807) is 31.2 Å². The van der Waals surface area contributed by atoms with Crippen LogP contribution in [-0.2, 0) is 0 Å². The maximum atomic E-state index is 9.52. The van der Waals surface area contributed by atoms with E-state index in [1.165, 1.54) is 0 Å². The third kappa shape index (κ3) is 2.13. The molecule has 0 heterocycles. The Bertz CT molecular complexity index is 334. The molecular weight excluding hydrogens is 178 g/mol. The zero-order chi connectivity index (χ0) is 10.7. The van der Waals surface area contributed by atoms with Gasteiger partial charge in [0, 0.05) is 5.56 Å². The van der Waals surface area contributed by atoms with E-state index in [-0.39, 0.29) is 5.75 Å². The number of aromatic hydroxyl groups is 1. The number of rotatable bonds is 3. The van der Waals surface area contributed by atoms with Crippen LogP contribution >= 0.6 is 0 Å². The molecule has 2 atom stereocenters. The second-order valence-electron chi connectivity index (χ2n) is 3.29. The average Bonchev–Trinajstić information content (AvgIpc) is 2.17. The summed E-state index contributed by atoms with van der Waals surface area (Å²) in [5.41, 5.74) is 7.13. The monoisotopic (exact) mass is 193 g/mol. The van der Waals surface area contributed by atoms with Crippen LogP contribution in [-0.4, -0.2) is 16.3 Å². The lowest BCUT2D eigenvalue weighted by Crippen LogP contribution is -2.23. The molecule has 0 aromatic heterocycles. The highest BCUT2D eigenvalue weighted by atomic mass is 16.3. The van der Waals surface area contributed by atoms with Crippen molar-refractivity contribution in [1.29, 1.82) is 0 Å². The van der Waals surface area contributed by atoms with Crippen molar-refractivity contribution in [2.24, 2.45) is 5.73 Å². The fourth-order valence-corrected chi connectivity index (χ4v) is 1.23. The molecule has 0 radical (unpaired) electrons. The summed E-state index contributed by atoms with van der Waals surface area (Å²) in [6.45, 7) is 5.21. The molecule has 76 valence electrons. The van der Waals surface area contributed by atoms with Crippen molar-refractivity contribution in [3.63, 3.8) is 0 Å². The van der Waals surface area contributed by atoms with Crippen molar-refractivity contribution < 1.29 is 10.2 Å². The van der Waals surface area contributed by atoms with Gasteiger partial charge in [-0.15, -0.1) is 0 Å². The molecule has 0 amide bonds. The highest BCUT2D eigenvalue weighted by molar-refractivity contribution is 5.52. The average molecular weight is 193 g/mol. The Balaban J connectivity index is 3.11. The van der Waals surface area contributed by atoms with Gasteiger partial charge in [0.15, 0.2) is 0 Å². The largest absolute Gasteiger partial charge is 0.508 e. The Morgan fingerprint density at radius 1 is 1.50 bits per heavy atom. The van der Waals surface area contributed by atoms with Gasteiger partial charge in [0.25, 0.3) is 0 Å². The molecule has 1 rings (SSSR count). The highest BCUT2D eigenvalue weighted by Crippen LogP contribution is 2.26. The molecule has 3 heteroatoms. The maximum Gasteiger partial charge on any atom is 0.120 e. The highest BCUT2D eigenvalue weighted by Gasteiger charge is 2.15. The number of benzene rings is 1. The Morgan fingerprint density at radius 2 is 2.14 bits per heavy atom. The molecule has 4 N–H and O–H groups in total. The first-order chi connectivity index (χ1) is 6.56. The zero-order valence-corrected chi connectivity index (χ0v) is 8.14. The Labute approximate surface area is 83.5 Å². The molecule has 1 aromatic rings. The number of hydrogen-bond acceptors (Lipinski definition) is 3. The summed E-state index contributed by atoms with van der Waals surface area (Å²) in [5, 5.41) is 18.8. The number of aliphatic hydroxyl groups is 1. The van der Waals surface area contributed by atoms with Crippen molar-refractivity contribution >= 4 is 6.08 Å². The summed E-state index contributed by atoms with van der Waals surface area (Å²) < 4.78 is 0. The molecule has 0 aliphatic heterocycles. The molecular formula is C11H15NO2. The molecule has 0 saturated heterocycles. The van der Waals surface area contributed by atoms with Crippen molar-refractivity contribution in [3.8, 4) is 5.75 Å². The van der Waals surface area contributed by atoms with Crippen LogP contribution in [0.3, 0.4) is 0 Å². The first-order valence-corrected chi connectivity index (χ1v) is 4.45. The second kappa shape index (κ2) is 4.26. The van der Waals surface area contributed by atoms with Crippen LogP contribution in [0.2, 0.25) is 0 Å². The quantitative estimate of drug-likeness (QED) is 0.680. The van der Waals surface area contributed by atoms with Crippen LogP contribution in [0.15, 0.2) is 24.8 Å². The van der Waals surface area contributed by atoms with Gasteiger partial charge in [-0.05, 0) is 24.6 Å². The van der Waals surface area contributed by atoms with Gasteiger partial charge in [0.1, 0.15) is 5.75 Å². The van der Waals surface area contributed by atoms with Gasteiger partial charge in [0.2, 0.25) is 0 Å². The summed E-state index contributed by atoms with van der Waals surface area (Å²) in [4.78, 5) is 0. The van der Waals surface area contributed by atoms with E-state index in [0.717, 1.165) is 5.56 Å². The maximum absolute atomic E-state index is 9.52. The van der Waals surface area contributed by atoms with Gasteiger partial charge < -0.3 is 15.9 Å². The van der Waals surface area contributed by atoms with Crippen LogP contribution < -0.4 is 5.73 Å². The normalized spacial score (nSPS) is 14.8. The van der Waals surface area contributed by atoms with E-state index >= 15 is 0 Å². The predicted molar refractivity (Wildman–Crippen MR) is 56.8 cm³/mol. The SMILES string of the molecule is C=Cc1ccc(O)c([C@H](N)C(C)O)c1. The van der Waals surface area contributed by atoms with Gasteiger partial charge in [-0.3, -0.25) is 0 Å². The molecule has 1 unspecified atom stereocenters. The fraction of sp³-hybridized carbons (Fsp3) is 0.273. The first kappa shape index (κ1) is 10.8. The third-order valence-corrected chi connectivity index (χ3v) is 2.17. The molecule has 14 heavy (non-hydrogen) atoms. The topological polar surface area (TPSA) is 66.5 Å². The molecule has 0 spiro atoms. The van der Waals surface area contributed by atoms with E-state index in [0.29, 0.717) is 5.56 Å². The fourth-order valence-electron chi connectivity index (χ4n) is 1.23. The first-order valence-electron chi connectivity index (χ1n) is 4.45. The summed E-state index contributed by atoms with van der Waals surface area (Å²) >= 11 is 0. The predicted octanol–water partition coefficient (Wildman–Crippen LogP) is 1.42. The van der Waals surface area contributed by atoms with Crippen molar-refractivity contribution in [1.82, 2.24) is 0 Å². The Kier molecular flexibility index (Phi) is 3.28. The number of phenolic OH excluding ortho intramolecular Hbond substituents is 1. The van der Waals surface area contributed by atoms with Gasteiger partial charge in [-0.25, -0.2) is 0 Å². The molecule has 0 saturated carbocycles. The Hall–Kier alpha value is -1.32. The van der Waals surface area contributed by atoms with Gasteiger partial charge in [-0.2, -0.15) is 0 Å². The van der Waals surface area contributed by atoms with Crippen molar-refractivity contribution in [2.45, 2.75) is 19.1 Å². The van der Waals surface area contributed by atoms with Gasteiger partial charge >= 0.3 is 0 Å². The van der Waals surface area contributed by atoms with Gasteiger partial charge in [0.05, 0.1) is 12.1 Å². The van der Waals surface area contributed by atoms with Crippen molar-refractivity contribution in [3.05, 3.63) is 35.9 Å². The molecule has 0 bridgehead atoms. The number of phenols is 1. The molecule has 0 aliphatic rings. The molecule has 1 aromatic carbocycles. The lowest BCUT2D eigenvalue weighted by molar-refractivity contribution is 0.163. The van der Waals surface area contributed by atoms with Crippen LogP contribution in [0.1, 0.15) is 24.1 Å². The number of aliphatic hydroxyl groups excluding tert-OH is 1. The van der Waals surface area contributed by atoms with E-state index in [2.05, 4.69) is 6.58 Å². The van der Waals surface area contributed by atoms with Crippen LogP contribution in [0.4, 0.5) is 0 Å². The van der Waals surface area contributed by atoms with Crippen LogP contribution in [0.25, 0.3) is 6.08 Å². The van der Waals surface area contributed by atoms with E-state index in [9.17, 15) is 10.2 Å². The lowest BCUT2D eigenvalue weighted by atomic mass is 10.00. The van der Waals surface area contributed by atoms with E-state index < -0.39 is 12.1 Å². The summed E-state index contributed by atoms with van der Waals surface area (Å²) in [5.74, 6) is 0.101. The number of hydrogen-bond donors (Lipinski definition) is 3. The van der Waals surface area contributed by atoms with E-state index in [1.807, 2.05) is 0 Å². The van der Waals surface area contributed by atoms with Crippen LogP contribution in [0, 0.1) is 0 Å². The smallest absolute Gasteiger partial charge is 0.120 e. The minimum absolute atomic E-state index is 0.101. The second-order valence-corrected chi connectivity index (χ2v) is 3.29.